The summed E-state index contributed by atoms with van der Waals surface area (Å²) >= 11 is 0. The zero-order valence-electron chi connectivity index (χ0n) is 51.2. The Labute approximate surface area is 482 Å². The fraction of sp³-hybridized carbons (Fsp3) is 0.870. The first kappa shape index (κ1) is 74.2. The third kappa shape index (κ3) is 46.7. The van der Waals surface area contributed by atoms with Crippen LogP contribution in [-0.4, -0.2) is 87.5 Å². The zero-order chi connectivity index (χ0) is 56.5. The predicted octanol–water partition coefficient (Wildman–Crippen LogP) is 18.0. The first-order valence-corrected chi connectivity index (χ1v) is 33.8. The summed E-state index contributed by atoms with van der Waals surface area (Å²) in [7, 11) is 0. The lowest BCUT2D eigenvalue weighted by atomic mass is 9.99. The van der Waals surface area contributed by atoms with Crippen LogP contribution in [0.25, 0.3) is 0 Å². The van der Waals surface area contributed by atoms with Crippen molar-refractivity contribution in [2.45, 2.75) is 371 Å². The van der Waals surface area contributed by atoms with Gasteiger partial charge in [0, 0.05) is 6.42 Å². The highest BCUT2D eigenvalue weighted by molar-refractivity contribution is 5.76. The molecule has 1 rings (SSSR count). The molecule has 0 bridgehead atoms. The molecule has 78 heavy (non-hydrogen) atoms. The molecular weight excluding hydrogens is 971 g/mol. The molecule has 9 nitrogen and oxygen atoms in total. The first-order chi connectivity index (χ1) is 38.3. The van der Waals surface area contributed by atoms with Crippen LogP contribution in [0.2, 0.25) is 0 Å². The largest absolute Gasteiger partial charge is 0.394 e. The van der Waals surface area contributed by atoms with E-state index >= 15 is 0 Å². The maximum absolute atomic E-state index is 13.1. The average molecular weight is 1100 g/mol. The SMILES string of the molecule is CC/C=C\C/C=C\C/C=C\C/C=C\CCCCCCCCCCCCCCCCC(=O)NC(COC1OC(CO)C(O)C(O)C1O)C(O)CCCCCCCCCCCCCCCCCCCCCCCCCCCCCC. The van der Waals surface area contributed by atoms with E-state index < -0.39 is 49.5 Å². The normalized spacial score (nSPS) is 18.9. The van der Waals surface area contributed by atoms with Crippen molar-refractivity contribution in [2.24, 2.45) is 0 Å². The van der Waals surface area contributed by atoms with Crippen molar-refractivity contribution < 1.29 is 39.8 Å². The van der Waals surface area contributed by atoms with Gasteiger partial charge in [-0.2, -0.15) is 0 Å². The van der Waals surface area contributed by atoms with E-state index in [-0.39, 0.29) is 12.5 Å². The number of unbranched alkanes of at least 4 members (excludes halogenated alkanes) is 41. The number of hydrogen-bond donors (Lipinski definition) is 6. The van der Waals surface area contributed by atoms with Gasteiger partial charge in [0.2, 0.25) is 5.91 Å². The minimum absolute atomic E-state index is 0.137. The van der Waals surface area contributed by atoms with Crippen LogP contribution in [0.4, 0.5) is 0 Å². The van der Waals surface area contributed by atoms with Gasteiger partial charge in [0.05, 0.1) is 25.4 Å². The van der Waals surface area contributed by atoms with Crippen LogP contribution in [0.5, 0.6) is 0 Å². The molecule has 9 heteroatoms. The molecule has 1 amide bonds. The Morgan fingerprint density at radius 2 is 0.795 bits per heavy atom. The van der Waals surface area contributed by atoms with E-state index in [9.17, 15) is 30.3 Å². The molecule has 0 spiro atoms. The van der Waals surface area contributed by atoms with Crippen molar-refractivity contribution in [3.05, 3.63) is 48.6 Å². The monoisotopic (exact) mass is 1100 g/mol. The molecule has 0 aromatic heterocycles. The quantitative estimate of drug-likeness (QED) is 0.0261. The number of carbonyl (C=O) groups excluding carboxylic acids is 1. The second-order valence-electron chi connectivity index (χ2n) is 23.6. The molecule has 0 radical (unpaired) electrons. The molecule has 1 fully saturated rings. The highest BCUT2D eigenvalue weighted by atomic mass is 16.7. The van der Waals surface area contributed by atoms with E-state index in [2.05, 4.69) is 67.8 Å². The molecule has 458 valence electrons. The molecule has 0 aromatic rings. The number of allylic oxidation sites excluding steroid dienone is 8. The van der Waals surface area contributed by atoms with Crippen LogP contribution in [-0.2, 0) is 14.3 Å². The Bertz CT molecular complexity index is 1370. The van der Waals surface area contributed by atoms with Crippen LogP contribution in [0.15, 0.2) is 48.6 Å². The van der Waals surface area contributed by atoms with Crippen molar-refractivity contribution in [2.75, 3.05) is 13.2 Å². The summed E-state index contributed by atoms with van der Waals surface area (Å²) in [4.78, 5) is 13.1. The third-order valence-corrected chi connectivity index (χ3v) is 16.2. The van der Waals surface area contributed by atoms with E-state index in [0.29, 0.717) is 12.8 Å². The number of aliphatic hydroxyl groups excluding tert-OH is 5. The summed E-state index contributed by atoms with van der Waals surface area (Å²) in [5.41, 5.74) is 0. The average Bonchev–Trinajstić information content (AvgIpc) is 3.45. The van der Waals surface area contributed by atoms with Gasteiger partial charge < -0.3 is 40.3 Å². The highest BCUT2D eigenvalue weighted by Crippen LogP contribution is 2.24. The second kappa shape index (κ2) is 58.4. The molecule has 1 aliphatic heterocycles. The Morgan fingerprint density at radius 3 is 1.18 bits per heavy atom. The van der Waals surface area contributed by atoms with Crippen LogP contribution >= 0.6 is 0 Å². The number of nitrogens with one attached hydrogen (secondary N) is 1. The number of ether oxygens (including phenoxy) is 2. The summed E-state index contributed by atoms with van der Waals surface area (Å²) < 4.78 is 11.4. The molecule has 7 unspecified atom stereocenters. The fourth-order valence-corrected chi connectivity index (χ4v) is 10.9. The van der Waals surface area contributed by atoms with Crippen LogP contribution < -0.4 is 5.32 Å². The number of hydrogen-bond acceptors (Lipinski definition) is 8. The van der Waals surface area contributed by atoms with Gasteiger partial charge in [-0.1, -0.05) is 319 Å². The number of rotatable bonds is 59. The summed E-state index contributed by atoms with van der Waals surface area (Å²) in [6, 6.07) is -0.722. The summed E-state index contributed by atoms with van der Waals surface area (Å²) in [5.74, 6) is -0.141. The maximum Gasteiger partial charge on any atom is 0.220 e. The molecule has 6 N–H and O–H groups in total. The van der Waals surface area contributed by atoms with E-state index in [1.54, 1.807) is 0 Å². The number of amides is 1. The van der Waals surface area contributed by atoms with Gasteiger partial charge in [-0.25, -0.2) is 0 Å². The minimum Gasteiger partial charge on any atom is -0.394 e. The molecule has 7 atom stereocenters. The molecule has 0 saturated carbocycles. The van der Waals surface area contributed by atoms with Gasteiger partial charge >= 0.3 is 0 Å². The Kier molecular flexibility index (Phi) is 55.5. The number of aliphatic hydroxyl groups is 5. The molecular formula is C69H129NO8. The van der Waals surface area contributed by atoms with E-state index in [1.807, 2.05) is 0 Å². The van der Waals surface area contributed by atoms with Crippen molar-refractivity contribution in [1.29, 1.82) is 0 Å². The molecule has 1 heterocycles. The van der Waals surface area contributed by atoms with Crippen molar-refractivity contribution in [1.82, 2.24) is 5.32 Å². The van der Waals surface area contributed by atoms with Crippen LogP contribution in [0.3, 0.4) is 0 Å². The molecule has 0 aliphatic carbocycles. The van der Waals surface area contributed by atoms with Crippen LogP contribution in [0.1, 0.15) is 328 Å². The van der Waals surface area contributed by atoms with E-state index in [4.69, 9.17) is 9.47 Å². The Morgan fingerprint density at radius 1 is 0.449 bits per heavy atom. The summed E-state index contributed by atoms with van der Waals surface area (Å²) in [5, 5.41) is 54.9. The smallest absolute Gasteiger partial charge is 0.220 e. The third-order valence-electron chi connectivity index (χ3n) is 16.2. The van der Waals surface area contributed by atoms with Crippen LogP contribution in [0, 0.1) is 0 Å². The van der Waals surface area contributed by atoms with Gasteiger partial charge in [0.1, 0.15) is 24.4 Å². The Balaban J connectivity index is 2.13. The molecule has 0 aromatic carbocycles. The highest BCUT2D eigenvalue weighted by Gasteiger charge is 2.44. The Hall–Kier alpha value is -1.85. The van der Waals surface area contributed by atoms with Crippen molar-refractivity contribution in [3.63, 3.8) is 0 Å². The first-order valence-electron chi connectivity index (χ1n) is 33.8. The molecule has 1 saturated heterocycles. The topological polar surface area (TPSA) is 149 Å². The lowest BCUT2D eigenvalue weighted by molar-refractivity contribution is -0.302. The second-order valence-corrected chi connectivity index (χ2v) is 23.6. The van der Waals surface area contributed by atoms with Gasteiger partial charge in [-0.3, -0.25) is 4.79 Å². The standard InChI is InChI=1S/C69H129NO8/c1-3-5-7-9-11-13-15-17-19-21-23-25-27-29-31-33-34-36-38-40-42-44-46-48-50-52-54-56-58-63(72)62(61-77-69-68(76)67(75)66(74)64(60-71)78-69)70-65(73)59-57-55-53-51-49-47-45-43-41-39-37-35-32-30-28-26-24-22-20-18-16-14-12-10-8-6-4-2/h6,8,12,14,18,20,24,26,62-64,66-69,71-72,74-76H,3-5,7,9-11,13,15-17,19,21-23,25,27-61H2,1-2H3,(H,70,73)/b8-6-,14-12-,20-18-,26-24-. The summed E-state index contributed by atoms with van der Waals surface area (Å²) in [6.07, 6.45) is 71.7. The van der Waals surface area contributed by atoms with Gasteiger partial charge in [0.25, 0.3) is 0 Å². The fourth-order valence-electron chi connectivity index (χ4n) is 10.9. The van der Waals surface area contributed by atoms with Gasteiger partial charge in [-0.05, 0) is 51.4 Å². The summed E-state index contributed by atoms with van der Waals surface area (Å²) in [6.45, 7) is 3.77. The lowest BCUT2D eigenvalue weighted by Crippen LogP contribution is -2.60. The zero-order valence-corrected chi connectivity index (χ0v) is 51.2. The maximum atomic E-state index is 13.1. The van der Waals surface area contributed by atoms with Gasteiger partial charge in [0.15, 0.2) is 6.29 Å². The minimum atomic E-state index is -1.56. The van der Waals surface area contributed by atoms with Crippen molar-refractivity contribution >= 4 is 5.91 Å². The molecule has 1 aliphatic rings. The van der Waals surface area contributed by atoms with Crippen molar-refractivity contribution in [3.8, 4) is 0 Å². The van der Waals surface area contributed by atoms with E-state index in [1.165, 1.54) is 238 Å². The number of carbonyl (C=O) groups is 1. The van der Waals surface area contributed by atoms with E-state index in [0.717, 1.165) is 64.2 Å². The predicted molar refractivity (Wildman–Crippen MR) is 332 cm³/mol. The lowest BCUT2D eigenvalue weighted by Gasteiger charge is -2.40. The van der Waals surface area contributed by atoms with Gasteiger partial charge in [-0.15, -0.1) is 0 Å².